The average molecular weight is 250 g/mol. The zero-order valence-electron chi connectivity index (χ0n) is 9.28. The average Bonchev–Trinajstić information content (AvgIpc) is 2.59. The number of aryl methyl sites for hydroxylation is 1. The van der Waals surface area contributed by atoms with Crippen molar-refractivity contribution in [2.75, 3.05) is 0 Å². The summed E-state index contributed by atoms with van der Waals surface area (Å²) in [6, 6.07) is 4.84. The van der Waals surface area contributed by atoms with Gasteiger partial charge >= 0.3 is 0 Å². The molecule has 0 aliphatic heterocycles. The predicted octanol–water partition coefficient (Wildman–Crippen LogP) is 1.99. The minimum Gasteiger partial charge on any atom is -0.305 e. The SMILES string of the molecule is Cc1cc(-c2nnc(S)n2C)ccc1[N+](=O)[O-]. The summed E-state index contributed by atoms with van der Waals surface area (Å²) in [7, 11) is 1.79. The first-order chi connectivity index (χ1) is 8.00. The molecule has 1 heterocycles. The van der Waals surface area contributed by atoms with Crippen LogP contribution in [0.25, 0.3) is 11.4 Å². The summed E-state index contributed by atoms with van der Waals surface area (Å²) >= 11 is 4.13. The number of hydrogen-bond acceptors (Lipinski definition) is 5. The van der Waals surface area contributed by atoms with E-state index in [1.165, 1.54) is 6.07 Å². The van der Waals surface area contributed by atoms with Gasteiger partial charge in [0.2, 0.25) is 0 Å². The molecule has 0 spiro atoms. The fourth-order valence-electron chi connectivity index (χ4n) is 1.57. The molecule has 0 aliphatic carbocycles. The zero-order chi connectivity index (χ0) is 12.6. The van der Waals surface area contributed by atoms with Gasteiger partial charge in [0, 0.05) is 24.2 Å². The number of nitrogens with zero attached hydrogens (tertiary/aromatic N) is 4. The molecule has 1 aromatic heterocycles. The Morgan fingerprint density at radius 3 is 2.59 bits per heavy atom. The lowest BCUT2D eigenvalue weighted by molar-refractivity contribution is -0.385. The van der Waals surface area contributed by atoms with E-state index in [9.17, 15) is 10.1 Å². The van der Waals surface area contributed by atoms with Crippen LogP contribution in [0.4, 0.5) is 5.69 Å². The van der Waals surface area contributed by atoms with Crippen LogP contribution in [0.15, 0.2) is 23.4 Å². The summed E-state index contributed by atoms with van der Waals surface area (Å²) in [5.41, 5.74) is 1.47. The summed E-state index contributed by atoms with van der Waals surface area (Å²) in [6.07, 6.45) is 0. The summed E-state index contributed by atoms with van der Waals surface area (Å²) in [5.74, 6) is 0.632. The van der Waals surface area contributed by atoms with Gasteiger partial charge in [-0.3, -0.25) is 10.1 Å². The van der Waals surface area contributed by atoms with E-state index in [0.717, 1.165) is 5.56 Å². The van der Waals surface area contributed by atoms with Gasteiger partial charge in [0.05, 0.1) is 4.92 Å². The first-order valence-electron chi connectivity index (χ1n) is 4.84. The van der Waals surface area contributed by atoms with Gasteiger partial charge in [-0.15, -0.1) is 22.8 Å². The second kappa shape index (κ2) is 4.17. The van der Waals surface area contributed by atoms with E-state index in [1.807, 2.05) is 0 Å². The van der Waals surface area contributed by atoms with Crippen molar-refractivity contribution in [2.24, 2.45) is 7.05 Å². The number of rotatable bonds is 2. The third-order valence-electron chi connectivity index (χ3n) is 2.50. The Morgan fingerprint density at radius 2 is 2.12 bits per heavy atom. The summed E-state index contributed by atoms with van der Waals surface area (Å²) in [6.45, 7) is 1.69. The molecule has 2 rings (SSSR count). The minimum atomic E-state index is -0.403. The molecule has 0 N–H and O–H groups in total. The fourth-order valence-corrected chi connectivity index (χ4v) is 1.71. The Hall–Kier alpha value is -1.89. The maximum atomic E-state index is 10.7. The van der Waals surface area contributed by atoms with Gasteiger partial charge in [-0.2, -0.15) is 0 Å². The Balaban J connectivity index is 2.52. The van der Waals surface area contributed by atoms with Gasteiger partial charge in [0.15, 0.2) is 11.0 Å². The molecule has 0 atom stereocenters. The number of benzene rings is 1. The van der Waals surface area contributed by atoms with Gasteiger partial charge in [-0.25, -0.2) is 0 Å². The molecule has 1 aromatic carbocycles. The number of aromatic nitrogens is 3. The van der Waals surface area contributed by atoms with E-state index < -0.39 is 4.92 Å². The van der Waals surface area contributed by atoms with Crippen LogP contribution in [0.1, 0.15) is 5.56 Å². The summed E-state index contributed by atoms with van der Waals surface area (Å²) in [5, 5.41) is 19.0. The zero-order valence-corrected chi connectivity index (χ0v) is 10.2. The number of thiol groups is 1. The van der Waals surface area contributed by atoms with Crippen LogP contribution in [0.5, 0.6) is 0 Å². The summed E-state index contributed by atoms with van der Waals surface area (Å²) < 4.78 is 1.71. The highest BCUT2D eigenvalue weighted by molar-refractivity contribution is 7.80. The quantitative estimate of drug-likeness (QED) is 0.502. The Morgan fingerprint density at radius 1 is 1.41 bits per heavy atom. The van der Waals surface area contributed by atoms with Crippen LogP contribution in [-0.2, 0) is 7.05 Å². The topological polar surface area (TPSA) is 73.8 Å². The maximum absolute atomic E-state index is 10.7. The van der Waals surface area contributed by atoms with Crippen molar-refractivity contribution >= 4 is 18.3 Å². The van der Waals surface area contributed by atoms with Crippen molar-refractivity contribution in [2.45, 2.75) is 12.1 Å². The molecule has 0 bridgehead atoms. The van der Waals surface area contributed by atoms with Gasteiger partial charge in [0.1, 0.15) is 0 Å². The van der Waals surface area contributed by atoms with Crippen molar-refractivity contribution in [3.05, 3.63) is 33.9 Å². The van der Waals surface area contributed by atoms with Gasteiger partial charge < -0.3 is 4.57 Å². The number of nitro benzene ring substituents is 1. The number of nitro groups is 1. The molecule has 0 saturated carbocycles. The van der Waals surface area contributed by atoms with Crippen molar-refractivity contribution < 1.29 is 4.92 Å². The summed E-state index contributed by atoms with van der Waals surface area (Å²) in [4.78, 5) is 10.3. The van der Waals surface area contributed by atoms with E-state index >= 15 is 0 Å². The molecule has 7 heteroatoms. The molecule has 0 fully saturated rings. The van der Waals surface area contributed by atoms with E-state index in [-0.39, 0.29) is 5.69 Å². The number of hydrogen-bond donors (Lipinski definition) is 1. The molecular formula is C10H10N4O2S. The van der Waals surface area contributed by atoms with E-state index in [4.69, 9.17) is 0 Å². The molecule has 0 amide bonds. The highest BCUT2D eigenvalue weighted by Gasteiger charge is 2.14. The molecular weight excluding hydrogens is 240 g/mol. The van der Waals surface area contributed by atoms with Crippen LogP contribution in [0, 0.1) is 17.0 Å². The van der Waals surface area contributed by atoms with Gasteiger partial charge in [0.25, 0.3) is 5.69 Å². The highest BCUT2D eigenvalue weighted by Crippen LogP contribution is 2.25. The molecule has 6 nitrogen and oxygen atoms in total. The molecule has 0 unspecified atom stereocenters. The first kappa shape index (κ1) is 11.6. The van der Waals surface area contributed by atoms with Crippen LogP contribution in [0.2, 0.25) is 0 Å². The van der Waals surface area contributed by atoms with Crippen molar-refractivity contribution in [1.29, 1.82) is 0 Å². The largest absolute Gasteiger partial charge is 0.305 e. The lowest BCUT2D eigenvalue weighted by atomic mass is 10.1. The molecule has 2 aromatic rings. The molecule has 88 valence electrons. The normalized spacial score (nSPS) is 10.5. The highest BCUT2D eigenvalue weighted by atomic mass is 32.1. The van der Waals surface area contributed by atoms with E-state index in [0.29, 0.717) is 16.5 Å². The maximum Gasteiger partial charge on any atom is 0.272 e. The van der Waals surface area contributed by atoms with Crippen molar-refractivity contribution in [3.8, 4) is 11.4 Å². The smallest absolute Gasteiger partial charge is 0.272 e. The Labute approximate surface area is 103 Å². The second-order valence-corrected chi connectivity index (χ2v) is 4.04. The molecule has 0 saturated heterocycles. The van der Waals surface area contributed by atoms with Crippen molar-refractivity contribution in [3.63, 3.8) is 0 Å². The Bertz CT molecular complexity index is 594. The van der Waals surface area contributed by atoms with E-state index in [1.54, 1.807) is 30.7 Å². The fraction of sp³-hybridized carbons (Fsp3) is 0.200. The predicted molar refractivity (Wildman–Crippen MR) is 65.1 cm³/mol. The van der Waals surface area contributed by atoms with Gasteiger partial charge in [-0.05, 0) is 19.1 Å². The van der Waals surface area contributed by atoms with Crippen LogP contribution < -0.4 is 0 Å². The monoisotopic (exact) mass is 250 g/mol. The molecule has 0 radical (unpaired) electrons. The van der Waals surface area contributed by atoms with E-state index in [2.05, 4.69) is 22.8 Å². The minimum absolute atomic E-state index is 0.0991. The van der Waals surface area contributed by atoms with Gasteiger partial charge in [-0.1, -0.05) is 0 Å². The molecule has 0 aliphatic rings. The molecule has 17 heavy (non-hydrogen) atoms. The third kappa shape index (κ3) is 2.01. The van der Waals surface area contributed by atoms with Crippen LogP contribution in [-0.4, -0.2) is 19.7 Å². The lowest BCUT2D eigenvalue weighted by Gasteiger charge is -2.03. The standard InChI is InChI=1S/C10H10N4O2S/c1-6-5-7(3-4-8(6)14(15)16)9-11-12-10(17)13(9)2/h3-5H,1-2H3,(H,12,17). The second-order valence-electron chi connectivity index (χ2n) is 3.64. The van der Waals surface area contributed by atoms with Crippen LogP contribution in [0.3, 0.4) is 0 Å². The van der Waals surface area contributed by atoms with Crippen LogP contribution >= 0.6 is 12.6 Å². The first-order valence-corrected chi connectivity index (χ1v) is 5.29. The Kier molecular flexibility index (Phi) is 2.84. The lowest BCUT2D eigenvalue weighted by Crippen LogP contribution is -1.96. The van der Waals surface area contributed by atoms with Crippen molar-refractivity contribution in [1.82, 2.24) is 14.8 Å². The third-order valence-corrected chi connectivity index (χ3v) is 2.89.